The lowest BCUT2D eigenvalue weighted by Gasteiger charge is -2.18. The molecule has 0 amide bonds. The largest absolute Gasteiger partial charge is 0.394 e. The second kappa shape index (κ2) is 8.48. The van der Waals surface area contributed by atoms with Crippen molar-refractivity contribution in [3.8, 4) is 0 Å². The smallest absolute Gasteiger partial charge is 0.100 e. The Morgan fingerprint density at radius 1 is 1.00 bits per heavy atom. The molecule has 0 aromatic heterocycles. The van der Waals surface area contributed by atoms with E-state index in [1.54, 1.807) is 0 Å². The van der Waals surface area contributed by atoms with Crippen LogP contribution in [0.15, 0.2) is 0 Å². The Morgan fingerprint density at radius 3 is 1.31 bits per heavy atom. The zero-order valence-electron chi connectivity index (χ0n) is 9.25. The van der Waals surface area contributed by atoms with E-state index in [0.717, 1.165) is 0 Å². The van der Waals surface area contributed by atoms with Gasteiger partial charge in [0.2, 0.25) is 0 Å². The van der Waals surface area contributed by atoms with Gasteiger partial charge in [0.1, 0.15) is 6.10 Å². The third-order valence-electron chi connectivity index (χ3n) is 2.34. The Bertz CT molecular complexity index is 92.3. The van der Waals surface area contributed by atoms with Gasteiger partial charge in [0.15, 0.2) is 0 Å². The van der Waals surface area contributed by atoms with Gasteiger partial charge in [-0.15, -0.1) is 0 Å². The molecule has 0 saturated carbocycles. The first kappa shape index (κ1) is 15.4. The van der Waals surface area contributed by atoms with E-state index in [4.69, 9.17) is 15.3 Å². The average Bonchev–Trinajstić information content (AvgIpc) is 2.17. The molecule has 0 aromatic rings. The van der Waals surface area contributed by atoms with Gasteiger partial charge in [0.25, 0.3) is 0 Å². The fourth-order valence-electron chi connectivity index (χ4n) is 0.308. The molecule has 0 spiro atoms. The molecule has 0 rings (SSSR count). The van der Waals surface area contributed by atoms with Crippen LogP contribution in [-0.4, -0.2) is 34.6 Å². The van der Waals surface area contributed by atoms with Crippen LogP contribution in [0.4, 0.5) is 0 Å². The molecule has 0 aliphatic rings. The summed E-state index contributed by atoms with van der Waals surface area (Å²) in [7, 11) is 0. The molecule has 0 aliphatic carbocycles. The highest BCUT2D eigenvalue weighted by molar-refractivity contribution is 4.61. The van der Waals surface area contributed by atoms with Crippen molar-refractivity contribution in [2.75, 3.05) is 13.2 Å². The van der Waals surface area contributed by atoms with Crippen molar-refractivity contribution in [3.63, 3.8) is 0 Å². The lowest BCUT2D eigenvalue weighted by molar-refractivity contribution is 0.0450. The maximum Gasteiger partial charge on any atom is 0.100 e. The van der Waals surface area contributed by atoms with Gasteiger partial charge in [0, 0.05) is 0 Å². The third kappa shape index (κ3) is 11.9. The summed E-state index contributed by atoms with van der Waals surface area (Å²) in [5.74, 6) is 0. The molecule has 82 valence electrons. The van der Waals surface area contributed by atoms with Gasteiger partial charge in [-0.25, -0.2) is 0 Å². The summed E-state index contributed by atoms with van der Waals surface area (Å²) in [5.41, 5.74) is 0.583. The van der Waals surface area contributed by atoms with E-state index in [1.807, 2.05) is 0 Å². The standard InChI is InChI=1S/C7H16.C3H8O3/c1-5-7(3,4)6-2;4-1-3(6)2-5/h5-6H2,1-4H3;3-6H,1-2H2. The van der Waals surface area contributed by atoms with Crippen molar-refractivity contribution in [2.24, 2.45) is 5.41 Å². The maximum absolute atomic E-state index is 8.17. The summed E-state index contributed by atoms with van der Waals surface area (Å²) in [6.45, 7) is 8.35. The lowest BCUT2D eigenvalue weighted by Crippen LogP contribution is -2.15. The molecule has 13 heavy (non-hydrogen) atoms. The molecule has 0 atom stereocenters. The van der Waals surface area contributed by atoms with Gasteiger partial charge in [-0.3, -0.25) is 0 Å². The molecule has 0 aromatic carbocycles. The van der Waals surface area contributed by atoms with Gasteiger partial charge in [-0.2, -0.15) is 0 Å². The van der Waals surface area contributed by atoms with Crippen molar-refractivity contribution in [2.45, 2.75) is 46.6 Å². The number of aliphatic hydroxyl groups excluding tert-OH is 3. The van der Waals surface area contributed by atoms with E-state index in [1.165, 1.54) is 12.8 Å². The minimum Gasteiger partial charge on any atom is -0.394 e. The molecule has 3 heteroatoms. The topological polar surface area (TPSA) is 60.7 Å². The zero-order chi connectivity index (χ0) is 10.9. The quantitative estimate of drug-likeness (QED) is 0.626. The van der Waals surface area contributed by atoms with Gasteiger partial charge >= 0.3 is 0 Å². The highest BCUT2D eigenvalue weighted by atomic mass is 16.3. The summed E-state index contributed by atoms with van der Waals surface area (Å²) in [6, 6.07) is 0. The van der Waals surface area contributed by atoms with E-state index in [2.05, 4.69) is 27.7 Å². The molecule has 0 unspecified atom stereocenters. The second-order valence-corrected chi connectivity index (χ2v) is 3.89. The van der Waals surface area contributed by atoms with Crippen LogP contribution in [0.2, 0.25) is 0 Å². The van der Waals surface area contributed by atoms with Crippen LogP contribution < -0.4 is 0 Å². The summed E-state index contributed by atoms with van der Waals surface area (Å²) in [6.07, 6.45) is 1.64. The Labute approximate surface area is 81.4 Å². The van der Waals surface area contributed by atoms with Crippen LogP contribution in [0.5, 0.6) is 0 Å². The summed E-state index contributed by atoms with van der Waals surface area (Å²) in [5, 5.41) is 24.0. The Kier molecular flexibility index (Phi) is 10.0. The van der Waals surface area contributed by atoms with Gasteiger partial charge in [0.05, 0.1) is 13.2 Å². The molecule has 0 bridgehead atoms. The fraction of sp³-hybridized carbons (Fsp3) is 1.00. The normalized spacial score (nSPS) is 11.1. The van der Waals surface area contributed by atoms with E-state index in [9.17, 15) is 0 Å². The van der Waals surface area contributed by atoms with Gasteiger partial charge in [-0.1, -0.05) is 40.5 Å². The number of aliphatic hydroxyl groups is 3. The Balaban J connectivity index is 0. The van der Waals surface area contributed by atoms with E-state index >= 15 is 0 Å². The molecule has 0 heterocycles. The molecule has 0 saturated heterocycles. The highest BCUT2D eigenvalue weighted by Crippen LogP contribution is 2.22. The first-order chi connectivity index (χ1) is 5.93. The zero-order valence-corrected chi connectivity index (χ0v) is 9.25. The molecule has 3 nitrogen and oxygen atoms in total. The van der Waals surface area contributed by atoms with Gasteiger partial charge < -0.3 is 15.3 Å². The van der Waals surface area contributed by atoms with E-state index in [0.29, 0.717) is 5.41 Å². The predicted octanol–water partition coefficient (Wildman–Crippen LogP) is 1.16. The first-order valence-corrected chi connectivity index (χ1v) is 4.83. The number of hydrogen-bond acceptors (Lipinski definition) is 3. The average molecular weight is 192 g/mol. The highest BCUT2D eigenvalue weighted by Gasteiger charge is 2.09. The van der Waals surface area contributed by atoms with Crippen molar-refractivity contribution >= 4 is 0 Å². The van der Waals surface area contributed by atoms with Crippen LogP contribution in [0, 0.1) is 5.41 Å². The van der Waals surface area contributed by atoms with Gasteiger partial charge in [-0.05, 0) is 5.41 Å². The minimum absolute atomic E-state index is 0.365. The summed E-state index contributed by atoms with van der Waals surface area (Å²) < 4.78 is 0. The van der Waals surface area contributed by atoms with E-state index < -0.39 is 6.10 Å². The van der Waals surface area contributed by atoms with E-state index in [-0.39, 0.29) is 13.2 Å². The van der Waals surface area contributed by atoms with Crippen molar-refractivity contribution < 1.29 is 15.3 Å². The molecular formula is C10H24O3. The van der Waals surface area contributed by atoms with Crippen molar-refractivity contribution in [3.05, 3.63) is 0 Å². The molecule has 0 aliphatic heterocycles. The van der Waals surface area contributed by atoms with Crippen LogP contribution >= 0.6 is 0 Å². The SMILES string of the molecule is CCC(C)(C)CC.OCC(O)CO. The minimum atomic E-state index is -0.954. The van der Waals surface area contributed by atoms with Crippen LogP contribution in [0.25, 0.3) is 0 Å². The maximum atomic E-state index is 8.17. The molecule has 3 N–H and O–H groups in total. The number of hydrogen-bond donors (Lipinski definition) is 3. The van der Waals surface area contributed by atoms with Crippen LogP contribution in [0.3, 0.4) is 0 Å². The predicted molar refractivity (Wildman–Crippen MR) is 54.5 cm³/mol. The second-order valence-electron chi connectivity index (χ2n) is 3.89. The molecule has 0 radical (unpaired) electrons. The number of rotatable bonds is 4. The first-order valence-electron chi connectivity index (χ1n) is 4.83. The van der Waals surface area contributed by atoms with Crippen LogP contribution in [0.1, 0.15) is 40.5 Å². The third-order valence-corrected chi connectivity index (χ3v) is 2.34. The Hall–Kier alpha value is -0.120. The molecule has 0 fully saturated rings. The summed E-state index contributed by atoms with van der Waals surface area (Å²) >= 11 is 0. The fourth-order valence-corrected chi connectivity index (χ4v) is 0.308. The summed E-state index contributed by atoms with van der Waals surface area (Å²) in [4.78, 5) is 0. The van der Waals surface area contributed by atoms with Crippen molar-refractivity contribution in [1.82, 2.24) is 0 Å². The Morgan fingerprint density at radius 2 is 1.31 bits per heavy atom. The monoisotopic (exact) mass is 192 g/mol. The lowest BCUT2D eigenvalue weighted by atomic mass is 9.88. The van der Waals surface area contributed by atoms with Crippen LogP contribution in [-0.2, 0) is 0 Å². The molecular weight excluding hydrogens is 168 g/mol. The van der Waals surface area contributed by atoms with Crippen molar-refractivity contribution in [1.29, 1.82) is 0 Å².